The van der Waals surface area contributed by atoms with E-state index in [9.17, 15) is 15.3 Å². The highest BCUT2D eigenvalue weighted by Gasteiger charge is 2.50. The molecule has 0 radical (unpaired) electrons. The molecule has 0 heterocycles. The van der Waals surface area contributed by atoms with Crippen molar-refractivity contribution in [3.8, 4) is 0 Å². The maximum Gasteiger partial charge on any atom is 0.0811 e. The highest BCUT2D eigenvalue weighted by atomic mass is 16.3. The smallest absolute Gasteiger partial charge is 0.0811 e. The Morgan fingerprint density at radius 2 is 1.84 bits per heavy atom. The molecule has 3 rings (SSSR count). The van der Waals surface area contributed by atoms with Crippen molar-refractivity contribution in [3.63, 3.8) is 0 Å². The van der Waals surface area contributed by atoms with Crippen LogP contribution in [0.3, 0.4) is 0 Å². The second-order valence-electron chi connectivity index (χ2n) is 11.4. The number of hydrogen-bond donors (Lipinski definition) is 3. The molecular weight excluding hydrogens is 384 g/mol. The molecule has 0 spiro atoms. The first kappa shape index (κ1) is 24.5. The highest BCUT2D eigenvalue weighted by Crippen LogP contribution is 2.59. The van der Waals surface area contributed by atoms with Gasteiger partial charge in [0.2, 0.25) is 0 Å². The van der Waals surface area contributed by atoms with E-state index in [0.29, 0.717) is 36.0 Å². The summed E-state index contributed by atoms with van der Waals surface area (Å²) in [5.74, 6) is 1.91. The lowest BCUT2D eigenvalue weighted by Gasteiger charge is -2.44. The van der Waals surface area contributed by atoms with Crippen molar-refractivity contribution in [2.75, 3.05) is 0 Å². The van der Waals surface area contributed by atoms with Crippen LogP contribution in [0.5, 0.6) is 0 Å². The summed E-state index contributed by atoms with van der Waals surface area (Å²) >= 11 is 0. The number of hydrogen-bond acceptors (Lipinski definition) is 3. The van der Waals surface area contributed by atoms with Gasteiger partial charge in [0.05, 0.1) is 17.8 Å². The molecule has 0 aromatic rings. The highest BCUT2D eigenvalue weighted by molar-refractivity contribution is 5.38. The molecule has 3 aliphatic carbocycles. The van der Waals surface area contributed by atoms with Crippen molar-refractivity contribution in [1.29, 1.82) is 0 Å². The van der Waals surface area contributed by atoms with Gasteiger partial charge in [-0.1, -0.05) is 57.2 Å². The molecule has 0 bridgehead atoms. The molecule has 0 amide bonds. The fourth-order valence-electron chi connectivity index (χ4n) is 6.32. The average Bonchev–Trinajstić information content (AvgIpc) is 3.04. The van der Waals surface area contributed by atoms with Crippen LogP contribution in [0.25, 0.3) is 0 Å². The molecule has 3 saturated carbocycles. The third-order valence-electron chi connectivity index (χ3n) is 8.75. The molecule has 3 aliphatic rings. The number of aliphatic hydroxyl groups is 3. The van der Waals surface area contributed by atoms with Crippen LogP contribution in [0, 0.1) is 29.1 Å². The summed E-state index contributed by atoms with van der Waals surface area (Å²) in [7, 11) is 0. The van der Waals surface area contributed by atoms with Gasteiger partial charge in [-0.2, -0.15) is 0 Å². The largest absolute Gasteiger partial charge is 0.393 e. The van der Waals surface area contributed by atoms with Crippen LogP contribution in [-0.2, 0) is 0 Å². The lowest BCUT2D eigenvalue weighted by molar-refractivity contribution is 0.0436. The summed E-state index contributed by atoms with van der Waals surface area (Å²) in [6, 6.07) is 0. The molecule has 3 N–H and O–H groups in total. The molecule has 3 heteroatoms. The average molecular weight is 429 g/mol. The first-order chi connectivity index (χ1) is 14.4. The summed E-state index contributed by atoms with van der Waals surface area (Å²) in [6.45, 7) is 14.7. The van der Waals surface area contributed by atoms with Gasteiger partial charge >= 0.3 is 0 Å². The van der Waals surface area contributed by atoms with E-state index in [4.69, 9.17) is 0 Å². The number of rotatable bonds is 5. The van der Waals surface area contributed by atoms with Gasteiger partial charge in [-0.15, -0.1) is 0 Å². The minimum absolute atomic E-state index is 0.141. The molecule has 0 aromatic carbocycles. The van der Waals surface area contributed by atoms with E-state index in [-0.39, 0.29) is 5.92 Å². The topological polar surface area (TPSA) is 60.7 Å². The second kappa shape index (κ2) is 9.37. The van der Waals surface area contributed by atoms with Gasteiger partial charge in [0, 0.05) is 12.3 Å². The third kappa shape index (κ3) is 5.26. The maximum atomic E-state index is 10.3. The zero-order valence-corrected chi connectivity index (χ0v) is 20.3. The zero-order chi connectivity index (χ0) is 23.0. The van der Waals surface area contributed by atoms with Crippen molar-refractivity contribution in [3.05, 3.63) is 47.6 Å². The van der Waals surface area contributed by atoms with Gasteiger partial charge in [-0.3, -0.25) is 0 Å². The standard InChI is InChI=1S/C28H44O3/c1-18(9-10-19(2)27(4,5)31)24-13-14-25-21(8-7-15-28(24,25)6)11-12-22-16-23(29)17-26(30)20(22)3/h9-12,18-19,23-26,29-31H,3,7-8,13-17H2,1-2,4-6H3/b10-9+,21-11+,22-12-/t18-,19+,23-,24-,25+,26+,28-/m1/s1. The van der Waals surface area contributed by atoms with Gasteiger partial charge in [-0.05, 0) is 86.7 Å². The van der Waals surface area contributed by atoms with Crippen LogP contribution in [0.4, 0.5) is 0 Å². The van der Waals surface area contributed by atoms with E-state index in [1.54, 1.807) is 0 Å². The molecule has 3 fully saturated rings. The van der Waals surface area contributed by atoms with Gasteiger partial charge in [0.1, 0.15) is 0 Å². The van der Waals surface area contributed by atoms with Crippen molar-refractivity contribution in [2.45, 2.75) is 97.4 Å². The Kier molecular flexibility index (Phi) is 7.40. The van der Waals surface area contributed by atoms with Crippen LogP contribution in [0.1, 0.15) is 79.6 Å². The fourth-order valence-corrected chi connectivity index (χ4v) is 6.32. The van der Waals surface area contributed by atoms with Crippen molar-refractivity contribution >= 4 is 0 Å². The first-order valence-electron chi connectivity index (χ1n) is 12.3. The van der Waals surface area contributed by atoms with Crippen molar-refractivity contribution in [2.24, 2.45) is 29.1 Å². The van der Waals surface area contributed by atoms with Gasteiger partial charge < -0.3 is 15.3 Å². The predicted octanol–water partition coefficient (Wildman–Crippen LogP) is 5.73. The van der Waals surface area contributed by atoms with Gasteiger partial charge in [0.25, 0.3) is 0 Å². The molecule has 0 aliphatic heterocycles. The third-order valence-corrected chi connectivity index (χ3v) is 8.75. The van der Waals surface area contributed by atoms with Crippen molar-refractivity contribution < 1.29 is 15.3 Å². The van der Waals surface area contributed by atoms with Crippen molar-refractivity contribution in [1.82, 2.24) is 0 Å². The number of allylic oxidation sites excluding steroid dienone is 4. The summed E-state index contributed by atoms with van der Waals surface area (Å²) in [6.07, 6.45) is 15.0. The Morgan fingerprint density at radius 3 is 2.52 bits per heavy atom. The minimum atomic E-state index is -0.684. The van der Waals surface area contributed by atoms with E-state index in [1.165, 1.54) is 31.3 Å². The van der Waals surface area contributed by atoms with Crippen LogP contribution < -0.4 is 0 Å². The molecule has 0 aromatic heterocycles. The van der Waals surface area contributed by atoms with Gasteiger partial charge in [0.15, 0.2) is 0 Å². The Hall–Kier alpha value is -1.16. The Labute approximate surface area is 189 Å². The summed E-state index contributed by atoms with van der Waals surface area (Å²) in [5, 5.41) is 30.4. The minimum Gasteiger partial charge on any atom is -0.393 e. The normalized spacial score (nSPS) is 39.3. The number of aliphatic hydroxyl groups excluding tert-OH is 2. The summed E-state index contributed by atoms with van der Waals surface area (Å²) < 4.78 is 0. The SMILES string of the molecule is C=C1/C(=C\C=C2/CCC[C@]3(C)[C@@H]([C@H](C)/C=C/[C@H](C)C(C)(C)O)CC[C@@H]23)C[C@@H](O)C[C@@H]1O. The fraction of sp³-hybridized carbons (Fsp3) is 0.714. The van der Waals surface area contributed by atoms with E-state index in [0.717, 1.165) is 17.6 Å². The van der Waals surface area contributed by atoms with Crippen LogP contribution in [0.15, 0.2) is 47.6 Å². The Morgan fingerprint density at radius 1 is 1.13 bits per heavy atom. The van der Waals surface area contributed by atoms with E-state index in [1.807, 2.05) is 13.8 Å². The molecule has 0 unspecified atom stereocenters. The van der Waals surface area contributed by atoms with E-state index in [2.05, 4.69) is 51.7 Å². The first-order valence-corrected chi connectivity index (χ1v) is 12.3. The molecule has 0 saturated heterocycles. The monoisotopic (exact) mass is 428 g/mol. The zero-order valence-electron chi connectivity index (χ0n) is 20.3. The molecule has 7 atom stereocenters. The molecule has 31 heavy (non-hydrogen) atoms. The molecule has 174 valence electrons. The molecular formula is C28H44O3. The van der Waals surface area contributed by atoms with E-state index < -0.39 is 17.8 Å². The lowest BCUT2D eigenvalue weighted by Crippen LogP contribution is -2.35. The van der Waals surface area contributed by atoms with Crippen LogP contribution in [0.2, 0.25) is 0 Å². The summed E-state index contributed by atoms with van der Waals surface area (Å²) in [4.78, 5) is 0. The second-order valence-corrected chi connectivity index (χ2v) is 11.4. The number of fused-ring (bicyclic) bond motifs is 1. The summed E-state index contributed by atoms with van der Waals surface area (Å²) in [5.41, 5.74) is 2.93. The van der Waals surface area contributed by atoms with Gasteiger partial charge in [-0.25, -0.2) is 0 Å². The van der Waals surface area contributed by atoms with Crippen LogP contribution in [-0.4, -0.2) is 33.1 Å². The lowest BCUT2D eigenvalue weighted by atomic mass is 9.61. The molecule has 3 nitrogen and oxygen atoms in total. The van der Waals surface area contributed by atoms with E-state index >= 15 is 0 Å². The predicted molar refractivity (Wildman–Crippen MR) is 128 cm³/mol. The van der Waals surface area contributed by atoms with Crippen LogP contribution >= 0.6 is 0 Å². The Balaban J connectivity index is 1.76. The quantitative estimate of drug-likeness (QED) is 0.490. The Bertz CT molecular complexity index is 753. The maximum absolute atomic E-state index is 10.3.